The lowest BCUT2D eigenvalue weighted by molar-refractivity contribution is 0.102. The van der Waals surface area contributed by atoms with Crippen molar-refractivity contribution in [3.63, 3.8) is 0 Å². The molecule has 2 N–H and O–H groups in total. The molecule has 3 aromatic carbocycles. The first-order valence-electron chi connectivity index (χ1n) is 8.46. The minimum absolute atomic E-state index is 0.0173. The predicted octanol–water partition coefficient (Wildman–Crippen LogP) is 3.08. The number of carbonyl (C=O) groups excluding carboxylic acids is 2. The summed E-state index contributed by atoms with van der Waals surface area (Å²) < 4.78 is 26.1. The topological polar surface area (TPSA) is 92.3 Å². The molecule has 1 amide bonds. The smallest absolute Gasteiger partial charge is 0.255 e. The quantitative estimate of drug-likeness (QED) is 0.629. The highest BCUT2D eigenvalue weighted by Gasteiger charge is 2.17. The number of nitrogens with one attached hydrogen (secondary N) is 2. The van der Waals surface area contributed by atoms with Crippen molar-refractivity contribution in [3.05, 3.63) is 95.6 Å². The van der Waals surface area contributed by atoms with E-state index in [4.69, 9.17) is 0 Å². The van der Waals surface area contributed by atoms with Crippen molar-refractivity contribution in [1.29, 1.82) is 0 Å². The van der Waals surface area contributed by atoms with Crippen LogP contribution in [0.15, 0.2) is 83.8 Å². The van der Waals surface area contributed by atoms with Crippen LogP contribution in [0.4, 0.5) is 5.69 Å². The highest BCUT2D eigenvalue weighted by atomic mass is 32.2. The third kappa shape index (κ3) is 4.16. The molecule has 0 aliphatic heterocycles. The minimum atomic E-state index is -3.67. The summed E-state index contributed by atoms with van der Waals surface area (Å²) in [6.45, 7) is 0. The first-order chi connectivity index (χ1) is 13.4. The fourth-order valence-corrected chi connectivity index (χ4v) is 3.43. The van der Waals surface area contributed by atoms with Gasteiger partial charge in [-0.2, -0.15) is 0 Å². The second-order valence-electron chi connectivity index (χ2n) is 5.93. The fourth-order valence-electron chi connectivity index (χ4n) is 2.65. The van der Waals surface area contributed by atoms with Gasteiger partial charge >= 0.3 is 0 Å². The Bertz CT molecular complexity index is 1130. The van der Waals surface area contributed by atoms with E-state index in [1.165, 1.54) is 31.3 Å². The Kier molecular flexibility index (Phi) is 5.67. The van der Waals surface area contributed by atoms with Crippen LogP contribution in [0.5, 0.6) is 0 Å². The molecule has 0 saturated carbocycles. The monoisotopic (exact) mass is 394 g/mol. The Labute approximate surface area is 163 Å². The summed E-state index contributed by atoms with van der Waals surface area (Å²) in [5.74, 6) is -0.732. The lowest BCUT2D eigenvalue weighted by Crippen LogP contribution is -2.20. The summed E-state index contributed by atoms with van der Waals surface area (Å²) in [6, 6.07) is 21.1. The zero-order valence-electron chi connectivity index (χ0n) is 15.0. The number of rotatable bonds is 6. The van der Waals surface area contributed by atoms with Crippen molar-refractivity contribution < 1.29 is 18.0 Å². The molecule has 0 fully saturated rings. The molecule has 0 atom stereocenters. The van der Waals surface area contributed by atoms with Crippen LogP contribution in [-0.4, -0.2) is 27.2 Å². The standard InChI is InChI=1S/C21H18N2O4S/c1-22-28(26,27)17-11-7-10-16(14-17)21(25)23-19-13-6-5-12-18(19)20(24)15-8-3-2-4-9-15/h2-14,22H,1H3,(H,23,25). The maximum atomic E-state index is 12.8. The van der Waals surface area contributed by atoms with Gasteiger partial charge in [-0.25, -0.2) is 13.1 Å². The van der Waals surface area contributed by atoms with Crippen LogP contribution in [0.2, 0.25) is 0 Å². The van der Waals surface area contributed by atoms with E-state index in [-0.39, 0.29) is 16.2 Å². The molecule has 28 heavy (non-hydrogen) atoms. The molecule has 142 valence electrons. The highest BCUT2D eigenvalue weighted by Crippen LogP contribution is 2.21. The number of amides is 1. The molecular formula is C21H18N2O4S. The zero-order valence-corrected chi connectivity index (χ0v) is 15.9. The van der Waals surface area contributed by atoms with Crippen LogP contribution >= 0.6 is 0 Å². The molecule has 7 heteroatoms. The second kappa shape index (κ2) is 8.16. The number of para-hydroxylation sites is 1. The van der Waals surface area contributed by atoms with E-state index in [1.54, 1.807) is 48.5 Å². The summed E-state index contributed by atoms with van der Waals surface area (Å²) >= 11 is 0. The summed E-state index contributed by atoms with van der Waals surface area (Å²) in [7, 11) is -2.37. The van der Waals surface area contributed by atoms with E-state index in [9.17, 15) is 18.0 Å². The van der Waals surface area contributed by atoms with Crippen molar-refractivity contribution in [3.8, 4) is 0 Å². The van der Waals surface area contributed by atoms with Crippen molar-refractivity contribution in [1.82, 2.24) is 4.72 Å². The summed E-state index contributed by atoms with van der Waals surface area (Å²) in [6.07, 6.45) is 0. The van der Waals surface area contributed by atoms with E-state index >= 15 is 0 Å². The number of ketones is 1. The molecule has 3 rings (SSSR count). The highest BCUT2D eigenvalue weighted by molar-refractivity contribution is 7.89. The second-order valence-corrected chi connectivity index (χ2v) is 7.82. The third-order valence-electron chi connectivity index (χ3n) is 4.13. The van der Waals surface area contributed by atoms with Crippen LogP contribution < -0.4 is 10.0 Å². The van der Waals surface area contributed by atoms with Crippen molar-refractivity contribution in [2.45, 2.75) is 4.90 Å². The number of sulfonamides is 1. The van der Waals surface area contributed by atoms with Crippen molar-refractivity contribution in [2.24, 2.45) is 0 Å². The average molecular weight is 394 g/mol. The van der Waals surface area contributed by atoms with Gasteiger partial charge in [0, 0.05) is 16.7 Å². The number of carbonyl (C=O) groups is 2. The predicted molar refractivity (Wildman–Crippen MR) is 107 cm³/mol. The first kappa shape index (κ1) is 19.5. The van der Waals surface area contributed by atoms with Gasteiger partial charge in [-0.15, -0.1) is 0 Å². The minimum Gasteiger partial charge on any atom is -0.321 e. The van der Waals surface area contributed by atoms with E-state index < -0.39 is 15.9 Å². The Balaban J connectivity index is 1.90. The van der Waals surface area contributed by atoms with Gasteiger partial charge in [0.1, 0.15) is 0 Å². The molecule has 0 unspecified atom stereocenters. The summed E-state index contributed by atoms with van der Waals surface area (Å²) in [5.41, 5.74) is 1.37. The van der Waals surface area contributed by atoms with Gasteiger partial charge in [0.2, 0.25) is 10.0 Å². The van der Waals surface area contributed by atoms with Gasteiger partial charge in [-0.1, -0.05) is 48.5 Å². The Hall–Kier alpha value is -3.29. The molecule has 0 bridgehead atoms. The number of hydrogen-bond donors (Lipinski definition) is 2. The third-order valence-corrected chi connectivity index (χ3v) is 5.54. The largest absolute Gasteiger partial charge is 0.321 e. The van der Waals surface area contributed by atoms with Gasteiger partial charge in [-0.3, -0.25) is 9.59 Å². The van der Waals surface area contributed by atoms with Crippen molar-refractivity contribution >= 4 is 27.4 Å². The normalized spacial score (nSPS) is 11.0. The van der Waals surface area contributed by atoms with Gasteiger partial charge in [-0.05, 0) is 37.4 Å². The first-order valence-corrected chi connectivity index (χ1v) is 9.94. The lowest BCUT2D eigenvalue weighted by Gasteiger charge is -2.11. The average Bonchev–Trinajstić information content (AvgIpc) is 2.74. The Morgan fingerprint density at radius 2 is 1.43 bits per heavy atom. The SMILES string of the molecule is CNS(=O)(=O)c1cccc(C(=O)Nc2ccccc2C(=O)c2ccccc2)c1. The van der Waals surface area contributed by atoms with E-state index in [0.29, 0.717) is 16.8 Å². The van der Waals surface area contributed by atoms with Gasteiger partial charge < -0.3 is 5.32 Å². The molecule has 0 spiro atoms. The van der Waals surface area contributed by atoms with Crippen LogP contribution in [0.25, 0.3) is 0 Å². The number of anilines is 1. The summed E-state index contributed by atoms with van der Waals surface area (Å²) in [4.78, 5) is 25.4. The van der Waals surface area contributed by atoms with E-state index in [0.717, 1.165) is 0 Å². The molecule has 0 aliphatic carbocycles. The molecule has 3 aromatic rings. The molecule has 0 heterocycles. The van der Waals surface area contributed by atoms with Gasteiger partial charge in [0.15, 0.2) is 5.78 Å². The molecule has 0 aromatic heterocycles. The number of hydrogen-bond acceptors (Lipinski definition) is 4. The molecule has 0 radical (unpaired) electrons. The lowest BCUT2D eigenvalue weighted by atomic mass is 10.0. The molecule has 0 aliphatic rings. The van der Waals surface area contributed by atoms with Gasteiger partial charge in [0.25, 0.3) is 5.91 Å². The van der Waals surface area contributed by atoms with Gasteiger partial charge in [0.05, 0.1) is 10.6 Å². The van der Waals surface area contributed by atoms with E-state index in [2.05, 4.69) is 10.0 Å². The Morgan fingerprint density at radius 1 is 0.786 bits per heavy atom. The van der Waals surface area contributed by atoms with Crippen LogP contribution in [0.3, 0.4) is 0 Å². The van der Waals surface area contributed by atoms with Crippen molar-refractivity contribution in [2.75, 3.05) is 12.4 Å². The molecule has 6 nitrogen and oxygen atoms in total. The molecule has 0 saturated heterocycles. The fraction of sp³-hybridized carbons (Fsp3) is 0.0476. The van der Waals surface area contributed by atoms with Crippen LogP contribution in [0.1, 0.15) is 26.3 Å². The Morgan fingerprint density at radius 3 is 2.14 bits per heavy atom. The maximum Gasteiger partial charge on any atom is 0.255 e. The summed E-state index contributed by atoms with van der Waals surface area (Å²) in [5, 5.41) is 2.70. The van der Waals surface area contributed by atoms with E-state index in [1.807, 2.05) is 6.07 Å². The zero-order chi connectivity index (χ0) is 20.1. The van der Waals surface area contributed by atoms with Crippen LogP contribution in [-0.2, 0) is 10.0 Å². The number of benzene rings is 3. The maximum absolute atomic E-state index is 12.8. The molecular weight excluding hydrogens is 376 g/mol. The van der Waals surface area contributed by atoms with Crippen LogP contribution in [0, 0.1) is 0 Å².